The SMILES string of the molecule is O=C(NCC1Cc2ccccc2O1)c1cnn(-c2ccc(Cl)cc2)c1C(F)(F)F. The van der Waals surface area contributed by atoms with E-state index in [0.717, 1.165) is 17.5 Å². The molecule has 150 valence electrons. The van der Waals surface area contributed by atoms with Gasteiger partial charge >= 0.3 is 6.18 Å². The Morgan fingerprint density at radius 1 is 1.21 bits per heavy atom. The van der Waals surface area contributed by atoms with Crippen molar-refractivity contribution in [3.8, 4) is 11.4 Å². The van der Waals surface area contributed by atoms with Crippen LogP contribution in [0, 0.1) is 0 Å². The van der Waals surface area contributed by atoms with Gasteiger partial charge in [-0.05, 0) is 35.9 Å². The van der Waals surface area contributed by atoms with Crippen LogP contribution in [0.3, 0.4) is 0 Å². The van der Waals surface area contributed by atoms with Crippen LogP contribution in [0.25, 0.3) is 5.69 Å². The number of carbonyl (C=O) groups is 1. The van der Waals surface area contributed by atoms with Crippen molar-refractivity contribution in [2.45, 2.75) is 18.7 Å². The van der Waals surface area contributed by atoms with E-state index in [4.69, 9.17) is 16.3 Å². The van der Waals surface area contributed by atoms with Crippen molar-refractivity contribution in [2.24, 2.45) is 0 Å². The Labute approximate surface area is 169 Å². The van der Waals surface area contributed by atoms with E-state index in [1.165, 1.54) is 24.3 Å². The number of alkyl halides is 3. The van der Waals surface area contributed by atoms with Gasteiger partial charge in [0.15, 0.2) is 5.69 Å². The first kappa shape index (κ1) is 19.3. The maximum Gasteiger partial charge on any atom is 0.434 e. The van der Waals surface area contributed by atoms with Crippen molar-refractivity contribution >= 4 is 17.5 Å². The topological polar surface area (TPSA) is 56.1 Å². The van der Waals surface area contributed by atoms with Crippen LogP contribution >= 0.6 is 11.6 Å². The Morgan fingerprint density at radius 2 is 1.93 bits per heavy atom. The molecule has 5 nitrogen and oxygen atoms in total. The fourth-order valence-corrected chi connectivity index (χ4v) is 3.36. The number of halogens is 4. The van der Waals surface area contributed by atoms with Gasteiger partial charge < -0.3 is 10.1 Å². The summed E-state index contributed by atoms with van der Waals surface area (Å²) in [6.45, 7) is 0.0803. The van der Waals surface area contributed by atoms with Crippen LogP contribution in [0.15, 0.2) is 54.7 Å². The summed E-state index contributed by atoms with van der Waals surface area (Å²) < 4.78 is 47.5. The Bertz CT molecular complexity index is 1020. The predicted octanol–water partition coefficient (Wildman–Crippen LogP) is 4.28. The highest BCUT2D eigenvalue weighted by Gasteiger charge is 2.40. The second-order valence-corrected chi connectivity index (χ2v) is 6.99. The highest BCUT2D eigenvalue weighted by molar-refractivity contribution is 6.30. The van der Waals surface area contributed by atoms with E-state index in [-0.39, 0.29) is 18.3 Å². The third kappa shape index (κ3) is 3.93. The van der Waals surface area contributed by atoms with Gasteiger partial charge in [-0.15, -0.1) is 0 Å². The Balaban J connectivity index is 1.53. The van der Waals surface area contributed by atoms with Crippen molar-refractivity contribution in [1.82, 2.24) is 15.1 Å². The highest BCUT2D eigenvalue weighted by Crippen LogP contribution is 2.34. The zero-order chi connectivity index (χ0) is 20.6. The van der Waals surface area contributed by atoms with Crippen LogP contribution in [0.1, 0.15) is 21.6 Å². The maximum absolute atomic E-state index is 13.7. The summed E-state index contributed by atoms with van der Waals surface area (Å²) in [6, 6.07) is 13.1. The van der Waals surface area contributed by atoms with Crippen LogP contribution in [0.2, 0.25) is 5.02 Å². The van der Waals surface area contributed by atoms with Gasteiger partial charge in [-0.3, -0.25) is 4.79 Å². The molecule has 1 aromatic heterocycles. The van der Waals surface area contributed by atoms with E-state index < -0.39 is 23.3 Å². The lowest BCUT2D eigenvalue weighted by Gasteiger charge is -2.14. The molecule has 1 amide bonds. The predicted molar refractivity (Wildman–Crippen MR) is 100 cm³/mol. The summed E-state index contributed by atoms with van der Waals surface area (Å²) >= 11 is 5.79. The first-order valence-corrected chi connectivity index (χ1v) is 9.14. The molecular formula is C20H15ClF3N3O2. The second-order valence-electron chi connectivity index (χ2n) is 6.55. The first-order valence-electron chi connectivity index (χ1n) is 8.77. The quantitative estimate of drug-likeness (QED) is 0.684. The molecule has 0 bridgehead atoms. The highest BCUT2D eigenvalue weighted by atomic mass is 35.5. The molecule has 1 aliphatic rings. The van der Waals surface area contributed by atoms with Crippen molar-refractivity contribution in [2.75, 3.05) is 6.54 Å². The number of nitrogens with one attached hydrogen (secondary N) is 1. The Hall–Kier alpha value is -3.00. The fourth-order valence-electron chi connectivity index (χ4n) is 3.23. The van der Waals surface area contributed by atoms with E-state index in [1.54, 1.807) is 0 Å². The number of rotatable bonds is 4. The van der Waals surface area contributed by atoms with Gasteiger partial charge in [-0.1, -0.05) is 29.8 Å². The molecule has 1 aliphatic heterocycles. The average molecular weight is 422 g/mol. The van der Waals surface area contributed by atoms with Crippen molar-refractivity contribution in [3.05, 3.63) is 76.6 Å². The van der Waals surface area contributed by atoms with Crippen molar-refractivity contribution in [3.63, 3.8) is 0 Å². The molecule has 0 spiro atoms. The molecule has 1 unspecified atom stereocenters. The Kier molecular flexibility index (Phi) is 4.96. The lowest BCUT2D eigenvalue weighted by Crippen LogP contribution is -2.35. The Morgan fingerprint density at radius 3 is 2.62 bits per heavy atom. The normalized spacial score (nSPS) is 15.7. The molecule has 3 aromatic rings. The molecule has 4 rings (SSSR count). The van der Waals surface area contributed by atoms with E-state index in [0.29, 0.717) is 16.1 Å². The van der Waals surface area contributed by atoms with Gasteiger partial charge in [-0.25, -0.2) is 4.68 Å². The van der Waals surface area contributed by atoms with Gasteiger partial charge in [0.25, 0.3) is 5.91 Å². The molecule has 2 aromatic carbocycles. The number of fused-ring (bicyclic) bond motifs is 1. The number of amides is 1. The summed E-state index contributed by atoms with van der Waals surface area (Å²) in [4.78, 5) is 12.5. The van der Waals surface area contributed by atoms with Gasteiger partial charge in [-0.2, -0.15) is 18.3 Å². The third-order valence-corrected chi connectivity index (χ3v) is 4.81. The third-order valence-electron chi connectivity index (χ3n) is 4.56. The molecule has 9 heteroatoms. The lowest BCUT2D eigenvalue weighted by atomic mass is 10.1. The van der Waals surface area contributed by atoms with Gasteiger partial charge in [0.05, 0.1) is 24.0 Å². The van der Waals surface area contributed by atoms with E-state index in [2.05, 4.69) is 10.4 Å². The molecule has 1 atom stereocenters. The summed E-state index contributed by atoms with van der Waals surface area (Å²) in [5, 5.41) is 6.68. The number of carbonyl (C=O) groups excluding carboxylic acids is 1. The zero-order valence-electron chi connectivity index (χ0n) is 14.9. The number of ether oxygens (including phenoxy) is 1. The monoisotopic (exact) mass is 421 g/mol. The van der Waals surface area contributed by atoms with Crippen LogP contribution < -0.4 is 10.1 Å². The summed E-state index contributed by atoms with van der Waals surface area (Å²) in [6.07, 6.45) is -3.62. The molecule has 0 saturated heterocycles. The number of aromatic nitrogens is 2. The van der Waals surface area contributed by atoms with Crippen LogP contribution in [-0.2, 0) is 12.6 Å². The van der Waals surface area contributed by atoms with Crippen molar-refractivity contribution in [1.29, 1.82) is 0 Å². The summed E-state index contributed by atoms with van der Waals surface area (Å²) in [5.74, 6) is -0.143. The number of para-hydroxylation sites is 1. The second kappa shape index (κ2) is 7.44. The van der Waals surface area contributed by atoms with E-state index >= 15 is 0 Å². The molecule has 0 fully saturated rings. The lowest BCUT2D eigenvalue weighted by molar-refractivity contribution is -0.143. The standard InChI is InChI=1S/C20H15ClF3N3O2/c21-13-5-7-14(8-6-13)27-18(20(22,23)24)16(11-26-27)19(28)25-10-15-9-12-3-1-2-4-17(12)29-15/h1-8,11,15H,9-10H2,(H,25,28). The molecule has 2 heterocycles. The molecule has 29 heavy (non-hydrogen) atoms. The van der Waals surface area contributed by atoms with Crippen molar-refractivity contribution < 1.29 is 22.7 Å². The molecule has 0 saturated carbocycles. The minimum atomic E-state index is -4.77. The van der Waals surface area contributed by atoms with E-state index in [9.17, 15) is 18.0 Å². The smallest absolute Gasteiger partial charge is 0.434 e. The van der Waals surface area contributed by atoms with Crippen LogP contribution in [0.5, 0.6) is 5.75 Å². The van der Waals surface area contributed by atoms with Gasteiger partial charge in [0.2, 0.25) is 0 Å². The van der Waals surface area contributed by atoms with Gasteiger partial charge in [0, 0.05) is 11.4 Å². The number of hydrogen-bond acceptors (Lipinski definition) is 3. The number of nitrogens with zero attached hydrogens (tertiary/aromatic N) is 2. The maximum atomic E-state index is 13.7. The fraction of sp³-hybridized carbons (Fsp3) is 0.200. The first-order chi connectivity index (χ1) is 13.8. The average Bonchev–Trinajstić information content (AvgIpc) is 3.30. The molecule has 0 aliphatic carbocycles. The largest absolute Gasteiger partial charge is 0.488 e. The zero-order valence-corrected chi connectivity index (χ0v) is 15.7. The molecule has 1 N–H and O–H groups in total. The van der Waals surface area contributed by atoms with Crippen LogP contribution in [-0.4, -0.2) is 28.3 Å². The van der Waals surface area contributed by atoms with Gasteiger partial charge in [0.1, 0.15) is 11.9 Å². The van der Waals surface area contributed by atoms with E-state index in [1.807, 2.05) is 24.3 Å². The number of hydrogen-bond donors (Lipinski definition) is 1. The summed E-state index contributed by atoms with van der Waals surface area (Å²) in [5.41, 5.74) is -0.551. The minimum absolute atomic E-state index is 0.0803. The molecular weight excluding hydrogens is 407 g/mol. The summed E-state index contributed by atoms with van der Waals surface area (Å²) in [7, 11) is 0. The minimum Gasteiger partial charge on any atom is -0.488 e. The molecule has 0 radical (unpaired) electrons. The number of benzene rings is 2. The van der Waals surface area contributed by atoms with Crippen LogP contribution in [0.4, 0.5) is 13.2 Å².